The Morgan fingerprint density at radius 1 is 1.60 bits per heavy atom. The number of hydrogen-bond acceptors (Lipinski definition) is 3. The van der Waals surface area contributed by atoms with Gasteiger partial charge in [-0.2, -0.15) is 0 Å². The molecule has 0 aromatic heterocycles. The van der Waals surface area contributed by atoms with Crippen LogP contribution in [0.3, 0.4) is 0 Å². The fourth-order valence-corrected chi connectivity index (χ4v) is 2.65. The first-order valence-corrected chi connectivity index (χ1v) is 5.21. The van der Waals surface area contributed by atoms with Crippen LogP contribution in [0.4, 0.5) is 4.79 Å². The second-order valence-electron chi connectivity index (χ2n) is 5.43. The van der Waals surface area contributed by atoms with Gasteiger partial charge in [-0.1, -0.05) is 20.8 Å². The number of carbonyl (C=O) groups is 1. The third kappa shape index (κ3) is 2.08. The maximum absolute atomic E-state index is 11.1. The van der Waals surface area contributed by atoms with Crippen molar-refractivity contribution in [3.05, 3.63) is 0 Å². The summed E-state index contributed by atoms with van der Waals surface area (Å²) < 4.78 is 0. The summed E-state index contributed by atoms with van der Waals surface area (Å²) in [6.45, 7) is 6.78. The quantitative estimate of drug-likeness (QED) is 0.591. The minimum absolute atomic E-state index is 0.191. The van der Waals surface area contributed by atoms with E-state index in [9.17, 15) is 4.79 Å². The highest BCUT2D eigenvalue weighted by molar-refractivity contribution is 5.66. The van der Waals surface area contributed by atoms with E-state index in [1.54, 1.807) is 0 Å². The summed E-state index contributed by atoms with van der Waals surface area (Å²) in [5.74, 6) is 0. The van der Waals surface area contributed by atoms with Crippen LogP contribution in [0.25, 0.3) is 0 Å². The van der Waals surface area contributed by atoms with Gasteiger partial charge in [0.2, 0.25) is 0 Å². The van der Waals surface area contributed by atoms with Gasteiger partial charge in [0.25, 0.3) is 0 Å². The zero-order chi connectivity index (χ0) is 11.9. The normalized spacial score (nSPS) is 32.1. The Morgan fingerprint density at radius 3 is 2.47 bits per heavy atom. The summed E-state index contributed by atoms with van der Waals surface area (Å²) in [6.07, 6.45) is -0.270. The molecule has 0 aliphatic carbocycles. The molecule has 0 aromatic rings. The Labute approximate surface area is 90.4 Å². The first-order chi connectivity index (χ1) is 6.72. The first-order valence-electron chi connectivity index (χ1n) is 5.21. The van der Waals surface area contributed by atoms with E-state index >= 15 is 0 Å². The molecule has 0 radical (unpaired) electrons. The van der Waals surface area contributed by atoms with Crippen LogP contribution in [-0.2, 0) is 0 Å². The second kappa shape index (κ2) is 3.64. The monoisotopic (exact) mass is 215 g/mol. The van der Waals surface area contributed by atoms with E-state index in [-0.39, 0.29) is 11.5 Å². The molecule has 15 heavy (non-hydrogen) atoms. The highest BCUT2D eigenvalue weighted by Gasteiger charge is 2.51. The van der Waals surface area contributed by atoms with Crippen LogP contribution in [0.2, 0.25) is 0 Å². The Hall–Kier alpha value is -0.810. The summed E-state index contributed by atoms with van der Waals surface area (Å²) in [5.41, 5.74) is 11.1. The van der Waals surface area contributed by atoms with Crippen LogP contribution in [0.5, 0.6) is 0 Å². The van der Waals surface area contributed by atoms with Crippen molar-refractivity contribution in [3.8, 4) is 0 Å². The number of rotatable bonds is 1. The number of hydrogen-bond donors (Lipinski definition) is 3. The van der Waals surface area contributed by atoms with Crippen molar-refractivity contribution in [2.45, 2.75) is 38.8 Å². The average molecular weight is 215 g/mol. The van der Waals surface area contributed by atoms with Gasteiger partial charge in [-0.3, -0.25) is 0 Å². The van der Waals surface area contributed by atoms with Crippen molar-refractivity contribution in [3.63, 3.8) is 0 Å². The maximum Gasteiger partial charge on any atom is 0.407 e. The molecule has 1 amide bonds. The summed E-state index contributed by atoms with van der Waals surface area (Å²) in [4.78, 5) is 12.5. The standard InChI is InChI=1S/C10H21N3O2/c1-9(2,3)7-10(12,6-11)4-5-13(7)8(14)15/h7H,4-6,11-12H2,1-3H3,(H,14,15). The van der Waals surface area contributed by atoms with Gasteiger partial charge in [0.15, 0.2) is 0 Å². The number of likely N-dealkylation sites (tertiary alicyclic amines) is 1. The molecule has 1 heterocycles. The van der Waals surface area contributed by atoms with Crippen LogP contribution in [0.15, 0.2) is 0 Å². The van der Waals surface area contributed by atoms with Gasteiger partial charge >= 0.3 is 6.09 Å². The van der Waals surface area contributed by atoms with E-state index in [1.807, 2.05) is 20.8 Å². The predicted octanol–water partition coefficient (Wildman–Crippen LogP) is 0.441. The lowest BCUT2D eigenvalue weighted by molar-refractivity contribution is 0.0842. The second-order valence-corrected chi connectivity index (χ2v) is 5.43. The Kier molecular flexibility index (Phi) is 2.98. The van der Waals surface area contributed by atoms with E-state index in [2.05, 4.69) is 0 Å². The van der Waals surface area contributed by atoms with Gasteiger partial charge in [0.1, 0.15) is 0 Å². The molecular formula is C10H21N3O2. The molecule has 0 aromatic carbocycles. The minimum Gasteiger partial charge on any atom is -0.465 e. The van der Waals surface area contributed by atoms with E-state index in [1.165, 1.54) is 4.90 Å². The van der Waals surface area contributed by atoms with E-state index in [0.29, 0.717) is 19.5 Å². The molecule has 5 heteroatoms. The average Bonchev–Trinajstić information content (AvgIpc) is 2.43. The van der Waals surface area contributed by atoms with Crippen molar-refractivity contribution in [1.29, 1.82) is 0 Å². The van der Waals surface area contributed by atoms with Gasteiger partial charge in [-0.25, -0.2) is 4.79 Å². The van der Waals surface area contributed by atoms with Gasteiger partial charge in [-0.05, 0) is 11.8 Å². The molecule has 0 saturated carbocycles. The fraction of sp³-hybridized carbons (Fsp3) is 0.900. The highest BCUT2D eigenvalue weighted by Crippen LogP contribution is 2.37. The van der Waals surface area contributed by atoms with Gasteiger partial charge in [-0.15, -0.1) is 0 Å². The molecule has 5 N–H and O–H groups in total. The smallest absolute Gasteiger partial charge is 0.407 e. The lowest BCUT2D eigenvalue weighted by atomic mass is 9.75. The number of nitrogens with two attached hydrogens (primary N) is 2. The van der Waals surface area contributed by atoms with Gasteiger partial charge in [0.05, 0.1) is 11.6 Å². The van der Waals surface area contributed by atoms with Crippen molar-refractivity contribution >= 4 is 6.09 Å². The molecule has 0 bridgehead atoms. The van der Waals surface area contributed by atoms with Crippen LogP contribution in [-0.4, -0.2) is 40.8 Å². The topological polar surface area (TPSA) is 92.6 Å². The Morgan fingerprint density at radius 2 is 2.13 bits per heavy atom. The SMILES string of the molecule is CC(C)(C)C1N(C(=O)O)CCC1(N)CN. The van der Waals surface area contributed by atoms with Crippen molar-refractivity contribution in [2.24, 2.45) is 16.9 Å². The molecule has 2 atom stereocenters. The third-order valence-corrected chi connectivity index (χ3v) is 3.12. The van der Waals surface area contributed by atoms with Crippen molar-refractivity contribution in [2.75, 3.05) is 13.1 Å². The van der Waals surface area contributed by atoms with Gasteiger partial charge in [0, 0.05) is 13.1 Å². The summed E-state index contributed by atoms with van der Waals surface area (Å²) >= 11 is 0. The van der Waals surface area contributed by atoms with Crippen LogP contribution >= 0.6 is 0 Å². The van der Waals surface area contributed by atoms with Crippen molar-refractivity contribution < 1.29 is 9.90 Å². The number of nitrogens with zero attached hydrogens (tertiary/aromatic N) is 1. The van der Waals surface area contributed by atoms with E-state index < -0.39 is 11.6 Å². The molecule has 1 rings (SSSR count). The third-order valence-electron chi connectivity index (χ3n) is 3.12. The lowest BCUT2D eigenvalue weighted by Gasteiger charge is -2.42. The van der Waals surface area contributed by atoms with Crippen LogP contribution in [0, 0.1) is 5.41 Å². The molecule has 1 saturated heterocycles. The molecule has 5 nitrogen and oxygen atoms in total. The minimum atomic E-state index is -0.907. The van der Waals surface area contributed by atoms with Gasteiger partial charge < -0.3 is 21.5 Å². The lowest BCUT2D eigenvalue weighted by Crippen LogP contribution is -2.61. The zero-order valence-corrected chi connectivity index (χ0v) is 9.66. The number of amides is 1. The molecule has 0 spiro atoms. The first kappa shape index (κ1) is 12.3. The van der Waals surface area contributed by atoms with Crippen LogP contribution < -0.4 is 11.5 Å². The molecule has 88 valence electrons. The molecular weight excluding hydrogens is 194 g/mol. The molecule has 2 unspecified atom stereocenters. The van der Waals surface area contributed by atoms with Crippen molar-refractivity contribution in [1.82, 2.24) is 4.90 Å². The van der Waals surface area contributed by atoms with E-state index in [4.69, 9.17) is 16.6 Å². The summed E-state index contributed by atoms with van der Waals surface area (Å²) in [6, 6.07) is -0.215. The fourth-order valence-electron chi connectivity index (χ4n) is 2.65. The van der Waals surface area contributed by atoms with Crippen LogP contribution in [0.1, 0.15) is 27.2 Å². The largest absolute Gasteiger partial charge is 0.465 e. The summed E-state index contributed by atoms with van der Waals surface area (Å²) in [5, 5.41) is 9.10. The zero-order valence-electron chi connectivity index (χ0n) is 9.66. The maximum atomic E-state index is 11.1. The predicted molar refractivity (Wildman–Crippen MR) is 58.6 cm³/mol. The Balaban J connectivity index is 3.04. The molecule has 1 aliphatic rings. The molecule has 1 fully saturated rings. The molecule has 1 aliphatic heterocycles. The number of carboxylic acid groups (broad SMARTS) is 1. The highest BCUT2D eigenvalue weighted by atomic mass is 16.4. The summed E-state index contributed by atoms with van der Waals surface area (Å²) in [7, 11) is 0. The Bertz CT molecular complexity index is 262. The van der Waals surface area contributed by atoms with E-state index in [0.717, 1.165) is 0 Å².